The Balaban J connectivity index is 1.54. The van der Waals surface area contributed by atoms with Crippen LogP contribution in [0.2, 0.25) is 0 Å². The maximum Gasteiger partial charge on any atom is 0.323 e. The van der Waals surface area contributed by atoms with E-state index >= 15 is 0 Å². The highest BCUT2D eigenvalue weighted by molar-refractivity contribution is 5.96. The van der Waals surface area contributed by atoms with E-state index in [2.05, 4.69) is 0 Å². The van der Waals surface area contributed by atoms with E-state index < -0.39 is 42.2 Å². The van der Waals surface area contributed by atoms with Crippen molar-refractivity contribution in [2.75, 3.05) is 6.54 Å². The van der Waals surface area contributed by atoms with E-state index in [-0.39, 0.29) is 16.9 Å². The van der Waals surface area contributed by atoms with Crippen molar-refractivity contribution in [3.8, 4) is 5.75 Å². The van der Waals surface area contributed by atoms with Crippen LogP contribution in [0.25, 0.3) is 0 Å². The van der Waals surface area contributed by atoms with Crippen LogP contribution >= 0.6 is 0 Å². The van der Waals surface area contributed by atoms with Crippen molar-refractivity contribution in [2.24, 2.45) is 0 Å². The number of carbonyl (C=O) groups excluding carboxylic acids is 1. The van der Waals surface area contributed by atoms with Gasteiger partial charge in [-0.3, -0.25) is 9.59 Å². The number of halogens is 3. The molecule has 1 unspecified atom stereocenters. The summed E-state index contributed by atoms with van der Waals surface area (Å²) < 4.78 is 47.0. The van der Waals surface area contributed by atoms with Gasteiger partial charge in [0.05, 0.1) is 0 Å². The lowest BCUT2D eigenvalue weighted by Crippen LogP contribution is -2.35. The fourth-order valence-electron chi connectivity index (χ4n) is 4.21. The molecule has 3 aromatic carbocycles. The first-order valence-corrected chi connectivity index (χ1v) is 10.6. The maximum atomic E-state index is 14.1. The number of fused-ring (bicyclic) bond motifs is 1. The number of rotatable bonds is 7. The summed E-state index contributed by atoms with van der Waals surface area (Å²) in [5.41, 5.74) is 1.16. The van der Waals surface area contributed by atoms with Gasteiger partial charge in [-0.2, -0.15) is 0 Å². The van der Waals surface area contributed by atoms with Crippen molar-refractivity contribution >= 4 is 11.9 Å². The smallest absolute Gasteiger partial charge is 0.323 e. The van der Waals surface area contributed by atoms with E-state index in [1.54, 1.807) is 24.3 Å². The molecule has 8 heteroatoms. The van der Waals surface area contributed by atoms with E-state index in [1.165, 1.54) is 30.3 Å². The molecule has 176 valence electrons. The largest absolute Gasteiger partial charge is 0.487 e. The SMILES string of the molecule is CC1(Cc2ccc(F)cc2)Cc2cc(C(=O)N(CC(=O)O)Cc3cccc(F)c3F)ccc2O1. The van der Waals surface area contributed by atoms with Crippen LogP contribution in [0.1, 0.15) is 34.0 Å². The zero-order valence-corrected chi connectivity index (χ0v) is 18.4. The number of aliphatic carboxylic acids is 1. The van der Waals surface area contributed by atoms with Crippen LogP contribution in [-0.4, -0.2) is 34.0 Å². The van der Waals surface area contributed by atoms with Crippen molar-refractivity contribution in [2.45, 2.75) is 31.9 Å². The molecule has 1 heterocycles. The Kier molecular flexibility index (Phi) is 6.32. The standard InChI is InChI=1S/C26H22F3NO4/c1-26(12-16-5-8-20(27)9-6-16)13-19-11-17(7-10-22(19)34-26)25(33)30(15-23(31)32)14-18-3-2-4-21(28)24(18)29/h2-11H,12-15H2,1H3,(H,31,32). The van der Waals surface area contributed by atoms with Crippen LogP contribution in [0.15, 0.2) is 60.7 Å². The summed E-state index contributed by atoms with van der Waals surface area (Å²) in [5.74, 6) is -3.82. The van der Waals surface area contributed by atoms with Gasteiger partial charge in [-0.05, 0) is 54.4 Å². The first kappa shape index (κ1) is 23.4. The van der Waals surface area contributed by atoms with Crippen molar-refractivity contribution in [1.29, 1.82) is 0 Å². The van der Waals surface area contributed by atoms with Crippen LogP contribution in [0.3, 0.4) is 0 Å². The second kappa shape index (κ2) is 9.21. The summed E-state index contributed by atoms with van der Waals surface area (Å²) in [7, 11) is 0. The van der Waals surface area contributed by atoms with E-state index in [9.17, 15) is 27.9 Å². The molecule has 1 aliphatic rings. The highest BCUT2D eigenvalue weighted by Crippen LogP contribution is 2.37. The number of carbonyl (C=O) groups is 2. The zero-order chi connectivity index (χ0) is 24.5. The van der Waals surface area contributed by atoms with Gasteiger partial charge in [0.1, 0.15) is 23.7 Å². The minimum Gasteiger partial charge on any atom is -0.487 e. The molecule has 0 saturated carbocycles. The Labute approximate surface area is 194 Å². The topological polar surface area (TPSA) is 66.8 Å². The molecule has 0 fully saturated rings. The molecule has 0 bridgehead atoms. The molecule has 5 nitrogen and oxygen atoms in total. The van der Waals surface area contributed by atoms with Gasteiger partial charge in [-0.1, -0.05) is 24.3 Å². The average molecular weight is 469 g/mol. The van der Waals surface area contributed by atoms with Crippen LogP contribution in [-0.2, 0) is 24.2 Å². The molecule has 1 aliphatic heterocycles. The van der Waals surface area contributed by atoms with Crippen molar-refractivity contribution in [1.82, 2.24) is 4.90 Å². The predicted octanol–water partition coefficient (Wildman–Crippen LogP) is 4.77. The van der Waals surface area contributed by atoms with Gasteiger partial charge in [-0.15, -0.1) is 0 Å². The van der Waals surface area contributed by atoms with Crippen LogP contribution < -0.4 is 4.74 Å². The number of carboxylic acid groups (broad SMARTS) is 1. The number of hydrogen-bond donors (Lipinski definition) is 1. The first-order valence-electron chi connectivity index (χ1n) is 10.6. The summed E-state index contributed by atoms with van der Waals surface area (Å²) >= 11 is 0. The van der Waals surface area contributed by atoms with Gasteiger partial charge in [0, 0.05) is 30.5 Å². The summed E-state index contributed by atoms with van der Waals surface area (Å²) in [5, 5.41) is 9.26. The fraction of sp³-hybridized carbons (Fsp3) is 0.231. The van der Waals surface area contributed by atoms with E-state index in [1.807, 2.05) is 6.92 Å². The molecule has 0 saturated heterocycles. The Morgan fingerprint density at radius 3 is 2.50 bits per heavy atom. The van der Waals surface area contributed by atoms with E-state index in [0.717, 1.165) is 22.1 Å². The molecule has 0 aromatic heterocycles. The molecular formula is C26H22F3NO4. The summed E-state index contributed by atoms with van der Waals surface area (Å²) in [6, 6.07) is 14.5. The van der Waals surface area contributed by atoms with Gasteiger partial charge in [0.2, 0.25) is 0 Å². The molecule has 0 spiro atoms. The third kappa shape index (κ3) is 5.06. The van der Waals surface area contributed by atoms with Crippen molar-refractivity contribution in [3.05, 3.63) is 100 Å². The molecule has 34 heavy (non-hydrogen) atoms. The van der Waals surface area contributed by atoms with Gasteiger partial charge >= 0.3 is 5.97 Å². The second-order valence-corrected chi connectivity index (χ2v) is 8.62. The summed E-state index contributed by atoms with van der Waals surface area (Å²) in [6.07, 6.45) is 1.01. The Morgan fingerprint density at radius 2 is 1.79 bits per heavy atom. The first-order chi connectivity index (χ1) is 16.1. The lowest BCUT2D eigenvalue weighted by atomic mass is 9.91. The molecular weight excluding hydrogens is 447 g/mol. The normalized spacial score (nSPS) is 16.6. The number of amides is 1. The molecule has 3 aromatic rings. The van der Waals surface area contributed by atoms with Crippen molar-refractivity contribution in [3.63, 3.8) is 0 Å². The summed E-state index contributed by atoms with van der Waals surface area (Å²) in [6.45, 7) is 0.844. The number of carboxylic acids is 1. The van der Waals surface area contributed by atoms with Gasteiger partial charge < -0.3 is 14.7 Å². The lowest BCUT2D eigenvalue weighted by Gasteiger charge is -2.24. The van der Waals surface area contributed by atoms with E-state index in [4.69, 9.17) is 4.74 Å². The quantitative estimate of drug-likeness (QED) is 0.542. The van der Waals surface area contributed by atoms with E-state index in [0.29, 0.717) is 18.6 Å². The maximum absolute atomic E-state index is 14.1. The number of nitrogens with zero attached hydrogens (tertiary/aromatic N) is 1. The molecule has 1 amide bonds. The average Bonchev–Trinajstić information content (AvgIpc) is 3.12. The molecule has 0 radical (unpaired) electrons. The van der Waals surface area contributed by atoms with Gasteiger partial charge in [-0.25, -0.2) is 13.2 Å². The predicted molar refractivity (Wildman–Crippen MR) is 118 cm³/mol. The van der Waals surface area contributed by atoms with Gasteiger partial charge in [0.25, 0.3) is 5.91 Å². The fourth-order valence-corrected chi connectivity index (χ4v) is 4.21. The highest BCUT2D eigenvalue weighted by Gasteiger charge is 2.35. The minimum absolute atomic E-state index is 0.119. The number of ether oxygens (including phenoxy) is 1. The molecule has 1 N–H and O–H groups in total. The Hall–Kier alpha value is -3.81. The van der Waals surface area contributed by atoms with Gasteiger partial charge in [0.15, 0.2) is 11.6 Å². The van der Waals surface area contributed by atoms with Crippen LogP contribution in [0.5, 0.6) is 5.75 Å². The molecule has 0 aliphatic carbocycles. The molecule has 1 atom stereocenters. The highest BCUT2D eigenvalue weighted by atomic mass is 19.2. The van der Waals surface area contributed by atoms with Crippen molar-refractivity contribution < 1.29 is 32.6 Å². The number of hydrogen-bond acceptors (Lipinski definition) is 3. The van der Waals surface area contributed by atoms with Crippen LogP contribution in [0, 0.1) is 17.5 Å². The third-order valence-electron chi connectivity index (χ3n) is 5.73. The second-order valence-electron chi connectivity index (χ2n) is 8.62. The Bertz CT molecular complexity index is 1250. The third-order valence-corrected chi connectivity index (χ3v) is 5.73. The Morgan fingerprint density at radius 1 is 1.06 bits per heavy atom. The van der Waals surface area contributed by atoms with Crippen LogP contribution in [0.4, 0.5) is 13.2 Å². The zero-order valence-electron chi connectivity index (χ0n) is 18.4. The molecule has 4 rings (SSSR count). The lowest BCUT2D eigenvalue weighted by molar-refractivity contribution is -0.137. The number of benzene rings is 3. The summed E-state index contributed by atoms with van der Waals surface area (Å²) in [4.78, 5) is 25.4. The monoisotopic (exact) mass is 469 g/mol. The minimum atomic E-state index is -1.28.